The van der Waals surface area contributed by atoms with Crippen molar-refractivity contribution in [3.8, 4) is 11.1 Å². The van der Waals surface area contributed by atoms with Crippen molar-refractivity contribution in [2.24, 2.45) is 0 Å². The number of hydrogen-bond acceptors (Lipinski definition) is 0. The average Bonchev–Trinajstić information content (AvgIpc) is 3.59. The molecule has 0 aliphatic heterocycles. The summed E-state index contributed by atoms with van der Waals surface area (Å²) in [6.45, 7) is 4.47. The van der Waals surface area contributed by atoms with E-state index in [9.17, 15) is 0 Å². The topological polar surface area (TPSA) is 0 Å². The van der Waals surface area contributed by atoms with Crippen LogP contribution in [-0.4, -0.2) is 0 Å². The minimum Gasteiger partial charge on any atom is -0.0672 e. The molecule has 0 saturated carbocycles. The van der Waals surface area contributed by atoms with Gasteiger partial charge in [-0.3, -0.25) is 0 Å². The Labute approximate surface area is 255 Å². The fraction of sp³-hybridized carbons (Fsp3) is 0.116. The minimum atomic E-state index is -0.406. The molecule has 0 heteroatoms. The molecule has 1 unspecified atom stereocenters. The van der Waals surface area contributed by atoms with Crippen molar-refractivity contribution in [1.82, 2.24) is 0 Å². The molecule has 0 radical (unpaired) electrons. The number of hydrogen-bond donors (Lipinski definition) is 0. The monoisotopic (exact) mass is 550 g/mol. The highest BCUT2D eigenvalue weighted by atomic mass is 14.5. The SMILES string of the molecule is Cc1ccc2c(c1)C(C(c1ccccc1)(c1ccccc1)C1C=C(c3ccccc3)c3ccccc31)c1cc(C)ccc1-2. The maximum absolute atomic E-state index is 2.59. The third-order valence-electron chi connectivity index (χ3n) is 9.78. The van der Waals surface area contributed by atoms with Gasteiger partial charge in [-0.25, -0.2) is 0 Å². The number of rotatable bonds is 5. The Morgan fingerprint density at radius 2 is 0.930 bits per heavy atom. The number of aryl methyl sites for hydroxylation is 2. The minimum absolute atomic E-state index is 0.105. The lowest BCUT2D eigenvalue weighted by molar-refractivity contribution is 0.416. The van der Waals surface area contributed by atoms with Gasteiger partial charge in [0, 0.05) is 17.3 Å². The summed E-state index contributed by atoms with van der Waals surface area (Å²) < 4.78 is 0. The molecule has 0 N–H and O–H groups in total. The summed E-state index contributed by atoms with van der Waals surface area (Å²) in [5, 5.41) is 0. The Kier molecular flexibility index (Phi) is 6.05. The fourth-order valence-electron chi connectivity index (χ4n) is 8.06. The van der Waals surface area contributed by atoms with Crippen LogP contribution in [0.3, 0.4) is 0 Å². The summed E-state index contributed by atoms with van der Waals surface area (Å²) in [4.78, 5) is 0. The van der Waals surface area contributed by atoms with E-state index < -0.39 is 5.41 Å². The highest BCUT2D eigenvalue weighted by Crippen LogP contribution is 2.64. The van der Waals surface area contributed by atoms with Gasteiger partial charge in [-0.15, -0.1) is 0 Å². The Bertz CT molecular complexity index is 1890. The third kappa shape index (κ3) is 3.90. The zero-order valence-electron chi connectivity index (χ0n) is 24.7. The molecular formula is C43H34. The van der Waals surface area contributed by atoms with E-state index in [2.05, 4.69) is 172 Å². The number of allylic oxidation sites excluding steroid dienone is 1. The standard InChI is InChI=1S/C43H34/c1-29-22-24-35-36-25-23-30(2)27-40(36)42(39(35)26-29)43(32-16-8-4-9-17-32,33-18-10-5-11-19-33)41-28-38(31-14-6-3-7-15-31)34-20-12-13-21-37(34)41/h3-28,41-42H,1-2H3. The average molecular weight is 551 g/mol. The van der Waals surface area contributed by atoms with E-state index in [-0.39, 0.29) is 11.8 Å². The van der Waals surface area contributed by atoms with Crippen molar-refractivity contribution < 1.29 is 0 Å². The van der Waals surface area contributed by atoms with Gasteiger partial charge in [-0.2, -0.15) is 0 Å². The lowest BCUT2D eigenvalue weighted by atomic mass is 9.55. The van der Waals surface area contributed by atoms with Crippen LogP contribution in [0, 0.1) is 13.8 Å². The molecular weight excluding hydrogens is 516 g/mol. The van der Waals surface area contributed by atoms with Gasteiger partial charge in [-0.1, -0.05) is 169 Å². The van der Waals surface area contributed by atoms with Gasteiger partial charge >= 0.3 is 0 Å². The zero-order valence-corrected chi connectivity index (χ0v) is 24.7. The molecule has 0 spiro atoms. The molecule has 1 atom stereocenters. The molecule has 2 aliphatic rings. The molecule has 6 aromatic carbocycles. The van der Waals surface area contributed by atoms with Crippen LogP contribution in [-0.2, 0) is 5.41 Å². The van der Waals surface area contributed by atoms with Gasteiger partial charge in [0.15, 0.2) is 0 Å². The summed E-state index contributed by atoms with van der Waals surface area (Å²) in [6, 6.07) is 56.9. The van der Waals surface area contributed by atoms with Crippen molar-refractivity contribution in [3.63, 3.8) is 0 Å². The first kappa shape index (κ1) is 25.7. The first-order valence-corrected chi connectivity index (χ1v) is 15.4. The second-order valence-corrected chi connectivity index (χ2v) is 12.2. The van der Waals surface area contributed by atoms with Crippen LogP contribution in [0.15, 0.2) is 158 Å². The molecule has 0 aromatic heterocycles. The smallest absolute Gasteiger partial charge is 0.0415 e. The Hall–Kier alpha value is -4.94. The van der Waals surface area contributed by atoms with Gasteiger partial charge < -0.3 is 0 Å². The van der Waals surface area contributed by atoms with Crippen LogP contribution in [0.1, 0.15) is 61.9 Å². The molecule has 0 saturated heterocycles. The molecule has 0 amide bonds. The Balaban J connectivity index is 1.54. The Morgan fingerprint density at radius 3 is 1.49 bits per heavy atom. The van der Waals surface area contributed by atoms with Gasteiger partial charge in [0.05, 0.1) is 0 Å². The first-order chi connectivity index (χ1) is 21.2. The molecule has 0 bridgehead atoms. The van der Waals surface area contributed by atoms with Gasteiger partial charge in [-0.05, 0) is 69.5 Å². The van der Waals surface area contributed by atoms with E-state index in [1.54, 1.807) is 0 Å². The lowest BCUT2D eigenvalue weighted by Gasteiger charge is -2.46. The summed E-state index contributed by atoms with van der Waals surface area (Å²) in [5.74, 6) is 0.222. The second kappa shape index (κ2) is 10.1. The highest BCUT2D eigenvalue weighted by molar-refractivity contribution is 5.88. The highest BCUT2D eigenvalue weighted by Gasteiger charge is 2.54. The molecule has 8 rings (SSSR count). The van der Waals surface area contributed by atoms with E-state index >= 15 is 0 Å². The summed E-state index contributed by atoms with van der Waals surface area (Å²) >= 11 is 0. The molecule has 0 fully saturated rings. The van der Waals surface area contributed by atoms with Gasteiger partial charge in [0.2, 0.25) is 0 Å². The van der Waals surface area contributed by atoms with Crippen LogP contribution in [0.5, 0.6) is 0 Å². The largest absolute Gasteiger partial charge is 0.0672 e. The van der Waals surface area contributed by atoms with Gasteiger partial charge in [0.1, 0.15) is 0 Å². The molecule has 206 valence electrons. The van der Waals surface area contributed by atoms with Crippen LogP contribution in [0.25, 0.3) is 16.7 Å². The van der Waals surface area contributed by atoms with Crippen LogP contribution in [0.4, 0.5) is 0 Å². The van der Waals surface area contributed by atoms with Crippen LogP contribution in [0.2, 0.25) is 0 Å². The predicted molar refractivity (Wildman–Crippen MR) is 180 cm³/mol. The number of fused-ring (bicyclic) bond motifs is 4. The van der Waals surface area contributed by atoms with E-state index in [0.717, 1.165) is 0 Å². The summed E-state index contributed by atoms with van der Waals surface area (Å²) in [7, 11) is 0. The van der Waals surface area contributed by atoms with Crippen molar-refractivity contribution in [1.29, 1.82) is 0 Å². The third-order valence-corrected chi connectivity index (χ3v) is 9.78. The molecule has 6 aromatic rings. The second-order valence-electron chi connectivity index (χ2n) is 12.2. The Morgan fingerprint density at radius 1 is 0.442 bits per heavy atom. The quantitative estimate of drug-likeness (QED) is 0.200. The predicted octanol–water partition coefficient (Wildman–Crippen LogP) is 10.6. The zero-order chi connectivity index (χ0) is 29.0. The number of benzene rings is 6. The fourth-order valence-corrected chi connectivity index (χ4v) is 8.06. The van der Waals surface area contributed by atoms with Gasteiger partial charge in [0.25, 0.3) is 0 Å². The molecule has 0 nitrogen and oxygen atoms in total. The first-order valence-electron chi connectivity index (χ1n) is 15.4. The molecule has 43 heavy (non-hydrogen) atoms. The van der Waals surface area contributed by atoms with Crippen LogP contribution >= 0.6 is 0 Å². The maximum Gasteiger partial charge on any atom is 0.0415 e. The van der Waals surface area contributed by atoms with Crippen molar-refractivity contribution in [3.05, 3.63) is 208 Å². The normalized spacial score (nSPS) is 15.5. The summed E-state index contributed by atoms with van der Waals surface area (Å²) in [6.07, 6.45) is 2.59. The van der Waals surface area contributed by atoms with E-state index in [1.807, 2.05) is 0 Å². The summed E-state index contributed by atoms with van der Waals surface area (Å²) in [5.41, 5.74) is 15.8. The maximum atomic E-state index is 2.59. The van der Waals surface area contributed by atoms with Crippen molar-refractivity contribution in [2.75, 3.05) is 0 Å². The lowest BCUT2D eigenvalue weighted by Crippen LogP contribution is -2.40. The van der Waals surface area contributed by atoms with Crippen molar-refractivity contribution >= 4 is 5.57 Å². The van der Waals surface area contributed by atoms with Crippen molar-refractivity contribution in [2.45, 2.75) is 31.1 Å². The molecule has 0 heterocycles. The van der Waals surface area contributed by atoms with Crippen LogP contribution < -0.4 is 0 Å². The van der Waals surface area contributed by atoms with E-state index in [4.69, 9.17) is 0 Å². The van der Waals surface area contributed by atoms with E-state index in [0.29, 0.717) is 0 Å². The molecule has 2 aliphatic carbocycles. The van der Waals surface area contributed by atoms with E-state index in [1.165, 1.54) is 66.8 Å².